The number of hydrogen-bond acceptors (Lipinski definition) is 3. The predicted molar refractivity (Wildman–Crippen MR) is 74.5 cm³/mol. The average molecular weight is 271 g/mol. The highest BCUT2D eigenvalue weighted by molar-refractivity contribution is 7.84. The maximum atomic E-state index is 11.7. The fourth-order valence-electron chi connectivity index (χ4n) is 1.46. The van der Waals surface area contributed by atoms with Gasteiger partial charge in [0.1, 0.15) is 0 Å². The fourth-order valence-corrected chi connectivity index (χ4v) is 2.73. The molecule has 0 aromatic carbocycles. The number of H-pyrrole nitrogens is 1. The first-order chi connectivity index (χ1) is 8.67. The summed E-state index contributed by atoms with van der Waals surface area (Å²) in [4.78, 5) is 14.7. The van der Waals surface area contributed by atoms with Crippen LogP contribution in [0.4, 0.5) is 0 Å². The molecule has 0 amide bonds. The zero-order chi connectivity index (χ0) is 13.4. The van der Waals surface area contributed by atoms with Crippen LogP contribution in [0.25, 0.3) is 0 Å². The first-order valence-corrected chi connectivity index (χ1v) is 7.85. The van der Waals surface area contributed by atoms with Gasteiger partial charge in [0.2, 0.25) is 5.43 Å². The van der Waals surface area contributed by atoms with E-state index in [0.717, 1.165) is 19.3 Å². The van der Waals surface area contributed by atoms with E-state index in [-0.39, 0.29) is 5.43 Å². The Morgan fingerprint density at radius 3 is 2.72 bits per heavy atom. The van der Waals surface area contributed by atoms with Crippen LogP contribution >= 0.6 is 0 Å². The predicted octanol–water partition coefficient (Wildman–Crippen LogP) is 2.21. The Kier molecular flexibility index (Phi) is 6.72. The van der Waals surface area contributed by atoms with Crippen molar-refractivity contribution in [3.8, 4) is 5.75 Å². The molecule has 4 nitrogen and oxygen atoms in total. The molecule has 1 aromatic heterocycles. The highest BCUT2D eigenvalue weighted by atomic mass is 32.2. The highest BCUT2D eigenvalue weighted by Gasteiger charge is 2.05. The topological polar surface area (TPSA) is 59.2 Å². The molecule has 0 fully saturated rings. The molecule has 0 radical (unpaired) electrons. The van der Waals surface area contributed by atoms with Gasteiger partial charge in [-0.25, -0.2) is 0 Å². The van der Waals surface area contributed by atoms with Crippen molar-refractivity contribution in [3.05, 3.63) is 28.2 Å². The molecule has 1 heterocycles. The van der Waals surface area contributed by atoms with E-state index in [1.165, 1.54) is 6.07 Å². The van der Waals surface area contributed by atoms with Crippen LogP contribution in [0.1, 0.15) is 38.8 Å². The lowest BCUT2D eigenvalue weighted by Gasteiger charge is -2.05. The number of ether oxygens (including phenoxy) is 1. The van der Waals surface area contributed by atoms with Gasteiger partial charge in [0, 0.05) is 34.5 Å². The molecule has 1 unspecified atom stereocenters. The number of aromatic amines is 1. The van der Waals surface area contributed by atoms with E-state index >= 15 is 0 Å². The van der Waals surface area contributed by atoms with Crippen LogP contribution in [0.2, 0.25) is 0 Å². The third kappa shape index (κ3) is 5.04. The summed E-state index contributed by atoms with van der Waals surface area (Å²) in [6.45, 7) is 4.59. The molecule has 1 N–H and O–H groups in total. The van der Waals surface area contributed by atoms with E-state index in [9.17, 15) is 9.00 Å². The van der Waals surface area contributed by atoms with Gasteiger partial charge in [-0.1, -0.05) is 20.3 Å². The molecular formula is C13H21NO3S. The van der Waals surface area contributed by atoms with Crippen LogP contribution in [0.3, 0.4) is 0 Å². The monoisotopic (exact) mass is 271 g/mol. The molecule has 0 saturated carbocycles. The van der Waals surface area contributed by atoms with Crippen molar-refractivity contribution in [1.29, 1.82) is 0 Å². The summed E-state index contributed by atoms with van der Waals surface area (Å²) >= 11 is 0. The lowest BCUT2D eigenvalue weighted by Crippen LogP contribution is -2.11. The molecule has 0 aliphatic rings. The van der Waals surface area contributed by atoms with E-state index in [4.69, 9.17) is 4.74 Å². The molecule has 0 aliphatic heterocycles. The minimum atomic E-state index is -0.902. The zero-order valence-corrected chi connectivity index (χ0v) is 11.8. The Morgan fingerprint density at radius 2 is 2.11 bits per heavy atom. The standard InChI is InChI=1S/C13H21NO3S/c1-3-5-7-18(16)10-11-8-12(15)13(9-14-11)17-6-4-2/h8-9H,3-7,10H2,1-2H3,(H,14,15). The van der Waals surface area contributed by atoms with Gasteiger partial charge in [-0.3, -0.25) is 9.00 Å². The van der Waals surface area contributed by atoms with Gasteiger partial charge in [0.15, 0.2) is 5.75 Å². The van der Waals surface area contributed by atoms with Gasteiger partial charge in [0.05, 0.1) is 12.4 Å². The van der Waals surface area contributed by atoms with Crippen molar-refractivity contribution < 1.29 is 8.95 Å². The van der Waals surface area contributed by atoms with Crippen LogP contribution in [0.5, 0.6) is 5.75 Å². The third-order valence-corrected chi connectivity index (χ3v) is 3.82. The van der Waals surface area contributed by atoms with Crippen molar-refractivity contribution in [2.45, 2.75) is 38.9 Å². The number of unbranched alkanes of at least 4 members (excludes halogenated alkanes) is 1. The number of pyridine rings is 1. The summed E-state index contributed by atoms with van der Waals surface area (Å²) in [6.07, 6.45) is 4.41. The van der Waals surface area contributed by atoms with Crippen molar-refractivity contribution in [2.24, 2.45) is 0 Å². The minimum absolute atomic E-state index is 0.148. The number of nitrogens with one attached hydrogen (secondary N) is 1. The second-order valence-electron chi connectivity index (χ2n) is 4.18. The smallest absolute Gasteiger partial charge is 0.223 e. The lowest BCUT2D eigenvalue weighted by molar-refractivity contribution is 0.313. The maximum Gasteiger partial charge on any atom is 0.223 e. The second-order valence-corrected chi connectivity index (χ2v) is 5.75. The number of aromatic nitrogens is 1. The fraction of sp³-hybridized carbons (Fsp3) is 0.615. The largest absolute Gasteiger partial charge is 0.488 e. The summed E-state index contributed by atoms with van der Waals surface area (Å²) in [7, 11) is -0.902. The van der Waals surface area contributed by atoms with Gasteiger partial charge in [0.25, 0.3) is 0 Å². The molecule has 0 spiro atoms. The van der Waals surface area contributed by atoms with E-state index in [2.05, 4.69) is 11.9 Å². The Morgan fingerprint density at radius 1 is 1.33 bits per heavy atom. The third-order valence-electron chi connectivity index (χ3n) is 2.44. The molecule has 1 aromatic rings. The quantitative estimate of drug-likeness (QED) is 0.788. The summed E-state index contributed by atoms with van der Waals surface area (Å²) in [5.74, 6) is 1.43. The van der Waals surface area contributed by atoms with Crippen LogP contribution in [-0.2, 0) is 16.6 Å². The maximum absolute atomic E-state index is 11.7. The van der Waals surface area contributed by atoms with Crippen LogP contribution < -0.4 is 10.2 Å². The molecule has 0 aliphatic carbocycles. The Balaban J connectivity index is 2.61. The molecule has 0 saturated heterocycles. The first-order valence-electron chi connectivity index (χ1n) is 6.36. The van der Waals surface area contributed by atoms with Gasteiger partial charge < -0.3 is 9.72 Å². The number of hydrogen-bond donors (Lipinski definition) is 1. The normalized spacial score (nSPS) is 12.3. The van der Waals surface area contributed by atoms with Crippen molar-refractivity contribution in [3.63, 3.8) is 0 Å². The van der Waals surface area contributed by atoms with Crippen molar-refractivity contribution in [2.75, 3.05) is 12.4 Å². The lowest BCUT2D eigenvalue weighted by atomic mass is 10.3. The zero-order valence-electron chi connectivity index (χ0n) is 11.0. The average Bonchev–Trinajstić information content (AvgIpc) is 2.35. The van der Waals surface area contributed by atoms with Crippen LogP contribution in [-0.4, -0.2) is 21.6 Å². The van der Waals surface area contributed by atoms with E-state index in [0.29, 0.717) is 29.6 Å². The van der Waals surface area contributed by atoms with Crippen LogP contribution in [0, 0.1) is 0 Å². The van der Waals surface area contributed by atoms with Gasteiger partial charge in [-0.2, -0.15) is 0 Å². The van der Waals surface area contributed by atoms with Gasteiger partial charge in [-0.15, -0.1) is 0 Å². The molecule has 1 rings (SSSR count). The Labute approximate surface area is 110 Å². The highest BCUT2D eigenvalue weighted by Crippen LogP contribution is 2.05. The molecule has 18 heavy (non-hydrogen) atoms. The molecule has 0 bridgehead atoms. The Hall–Kier alpha value is -1.10. The summed E-state index contributed by atoms with van der Waals surface area (Å²) < 4.78 is 17.0. The second kappa shape index (κ2) is 8.08. The van der Waals surface area contributed by atoms with E-state index in [1.54, 1.807) is 6.20 Å². The molecule has 1 atom stereocenters. The van der Waals surface area contributed by atoms with Crippen molar-refractivity contribution >= 4 is 10.8 Å². The van der Waals surface area contributed by atoms with Gasteiger partial charge in [-0.05, 0) is 12.8 Å². The Bertz CT molecular complexity index is 442. The molecule has 102 valence electrons. The number of rotatable bonds is 8. The van der Waals surface area contributed by atoms with Crippen LogP contribution in [0.15, 0.2) is 17.1 Å². The summed E-state index contributed by atoms with van der Waals surface area (Å²) in [5.41, 5.74) is 0.558. The minimum Gasteiger partial charge on any atom is -0.488 e. The van der Waals surface area contributed by atoms with E-state index < -0.39 is 10.8 Å². The van der Waals surface area contributed by atoms with Gasteiger partial charge >= 0.3 is 0 Å². The molecular weight excluding hydrogens is 250 g/mol. The molecule has 5 heteroatoms. The van der Waals surface area contributed by atoms with E-state index in [1.807, 2.05) is 6.92 Å². The summed E-state index contributed by atoms with van der Waals surface area (Å²) in [6, 6.07) is 1.48. The summed E-state index contributed by atoms with van der Waals surface area (Å²) in [5, 5.41) is 0. The van der Waals surface area contributed by atoms with Crippen molar-refractivity contribution in [1.82, 2.24) is 4.98 Å². The first kappa shape index (κ1) is 15.0. The SMILES string of the molecule is CCCCS(=O)Cc1cc(=O)c(OCCC)c[nH]1.